The molecule has 16 heavy (non-hydrogen) atoms. The maximum absolute atomic E-state index is 13.4. The molecule has 1 saturated carbocycles. The van der Waals surface area contributed by atoms with Crippen molar-refractivity contribution in [1.82, 2.24) is 0 Å². The minimum atomic E-state index is -0.444. The summed E-state index contributed by atoms with van der Waals surface area (Å²) in [5.41, 5.74) is 5.83. The monoisotopic (exact) mass is 225 g/mol. The first-order valence-corrected chi connectivity index (χ1v) is 5.55. The lowest BCUT2D eigenvalue weighted by Gasteiger charge is -2.26. The number of hydrogen-bond acceptors (Lipinski definition) is 3. The maximum Gasteiger partial charge on any atom is 0.167 e. The summed E-state index contributed by atoms with van der Waals surface area (Å²) in [6, 6.07) is 4.39. The van der Waals surface area contributed by atoms with E-state index < -0.39 is 5.82 Å². The fourth-order valence-electron chi connectivity index (χ4n) is 2.02. The summed E-state index contributed by atoms with van der Waals surface area (Å²) in [5.74, 6) is -0.228. The number of anilines is 1. The average molecular weight is 225 g/mol. The van der Waals surface area contributed by atoms with Crippen molar-refractivity contribution in [3.8, 4) is 5.75 Å². The number of nitrogens with two attached hydrogens (primary N) is 1. The van der Waals surface area contributed by atoms with Gasteiger partial charge in [-0.05, 0) is 31.4 Å². The van der Waals surface area contributed by atoms with Crippen LogP contribution in [0, 0.1) is 5.82 Å². The smallest absolute Gasteiger partial charge is 0.167 e. The molecule has 2 atom stereocenters. The number of nitrogen functional groups attached to an aromatic ring is 1. The van der Waals surface area contributed by atoms with Crippen LogP contribution in [0.3, 0.4) is 0 Å². The molecule has 88 valence electrons. The highest BCUT2D eigenvalue weighted by molar-refractivity contribution is 5.42. The van der Waals surface area contributed by atoms with Crippen molar-refractivity contribution in [2.24, 2.45) is 0 Å². The van der Waals surface area contributed by atoms with E-state index in [4.69, 9.17) is 10.5 Å². The van der Waals surface area contributed by atoms with E-state index >= 15 is 0 Å². The lowest BCUT2D eigenvalue weighted by Crippen LogP contribution is -2.28. The Hall–Kier alpha value is -1.29. The van der Waals surface area contributed by atoms with Crippen LogP contribution in [0.5, 0.6) is 5.75 Å². The number of aliphatic hydroxyl groups is 1. The molecule has 1 fully saturated rings. The minimum Gasteiger partial charge on any atom is -0.487 e. The summed E-state index contributed by atoms with van der Waals surface area (Å²) in [6.07, 6.45) is 2.74. The second-order valence-corrected chi connectivity index (χ2v) is 4.25. The zero-order valence-electron chi connectivity index (χ0n) is 9.03. The summed E-state index contributed by atoms with van der Waals surface area (Å²) < 4.78 is 19.0. The van der Waals surface area contributed by atoms with Gasteiger partial charge in [-0.3, -0.25) is 0 Å². The van der Waals surface area contributed by atoms with Crippen molar-refractivity contribution < 1.29 is 14.2 Å². The molecule has 0 heterocycles. The molecule has 1 aliphatic carbocycles. The predicted molar refractivity (Wildman–Crippen MR) is 59.7 cm³/mol. The van der Waals surface area contributed by atoms with E-state index in [1.54, 1.807) is 6.07 Å². The SMILES string of the molecule is Nc1ccc(OC2CCCC(O)C2)c(F)c1. The van der Waals surface area contributed by atoms with Crippen LogP contribution in [0.25, 0.3) is 0 Å². The van der Waals surface area contributed by atoms with Gasteiger partial charge in [0.25, 0.3) is 0 Å². The normalized spacial score (nSPS) is 25.4. The highest BCUT2D eigenvalue weighted by Gasteiger charge is 2.22. The Labute approximate surface area is 94.0 Å². The Morgan fingerprint density at radius 2 is 2.19 bits per heavy atom. The molecule has 3 nitrogen and oxygen atoms in total. The third-order valence-corrected chi connectivity index (χ3v) is 2.85. The van der Waals surface area contributed by atoms with Gasteiger partial charge < -0.3 is 15.6 Å². The first-order chi connectivity index (χ1) is 7.65. The molecular formula is C12H16FNO2. The van der Waals surface area contributed by atoms with Crippen LogP contribution in [-0.2, 0) is 0 Å². The summed E-state index contributed by atoms with van der Waals surface area (Å²) in [7, 11) is 0. The molecule has 0 bridgehead atoms. The number of halogens is 1. The van der Waals surface area contributed by atoms with Crippen LogP contribution in [0.1, 0.15) is 25.7 Å². The van der Waals surface area contributed by atoms with Crippen LogP contribution < -0.4 is 10.5 Å². The molecule has 3 N–H and O–H groups in total. The molecule has 0 spiro atoms. The molecule has 1 aliphatic rings. The minimum absolute atomic E-state index is 0.0955. The van der Waals surface area contributed by atoms with Gasteiger partial charge in [0.1, 0.15) is 6.10 Å². The van der Waals surface area contributed by atoms with Gasteiger partial charge in [0.05, 0.1) is 6.10 Å². The Morgan fingerprint density at radius 3 is 2.88 bits per heavy atom. The van der Waals surface area contributed by atoms with Crippen molar-refractivity contribution in [1.29, 1.82) is 0 Å². The second kappa shape index (κ2) is 4.70. The van der Waals surface area contributed by atoms with Crippen molar-refractivity contribution in [2.75, 3.05) is 5.73 Å². The zero-order valence-corrected chi connectivity index (χ0v) is 9.03. The van der Waals surface area contributed by atoms with Crippen LogP contribution in [-0.4, -0.2) is 17.3 Å². The molecule has 2 unspecified atom stereocenters. The number of benzene rings is 1. The Kier molecular flexibility index (Phi) is 3.29. The van der Waals surface area contributed by atoms with E-state index in [0.717, 1.165) is 19.3 Å². The van der Waals surface area contributed by atoms with Crippen molar-refractivity contribution in [2.45, 2.75) is 37.9 Å². The quantitative estimate of drug-likeness (QED) is 0.758. The van der Waals surface area contributed by atoms with E-state index in [-0.39, 0.29) is 18.0 Å². The highest BCUT2D eigenvalue weighted by atomic mass is 19.1. The van der Waals surface area contributed by atoms with Crippen molar-refractivity contribution >= 4 is 5.69 Å². The second-order valence-electron chi connectivity index (χ2n) is 4.25. The molecule has 0 saturated heterocycles. The Bertz CT molecular complexity index is 370. The molecule has 4 heteroatoms. The van der Waals surface area contributed by atoms with E-state index in [2.05, 4.69) is 0 Å². The number of rotatable bonds is 2. The highest BCUT2D eigenvalue weighted by Crippen LogP contribution is 2.26. The summed E-state index contributed by atoms with van der Waals surface area (Å²) in [5, 5.41) is 9.48. The molecule has 0 aliphatic heterocycles. The first-order valence-electron chi connectivity index (χ1n) is 5.55. The van der Waals surface area contributed by atoms with Crippen LogP contribution in [0.4, 0.5) is 10.1 Å². The van der Waals surface area contributed by atoms with Gasteiger partial charge in [-0.15, -0.1) is 0 Å². The van der Waals surface area contributed by atoms with Gasteiger partial charge in [0, 0.05) is 18.2 Å². The van der Waals surface area contributed by atoms with Gasteiger partial charge >= 0.3 is 0 Å². The van der Waals surface area contributed by atoms with Gasteiger partial charge in [-0.1, -0.05) is 0 Å². The zero-order chi connectivity index (χ0) is 11.5. The van der Waals surface area contributed by atoms with Gasteiger partial charge in [-0.25, -0.2) is 4.39 Å². The molecular weight excluding hydrogens is 209 g/mol. The fraction of sp³-hybridized carbons (Fsp3) is 0.500. The average Bonchev–Trinajstić information content (AvgIpc) is 2.22. The van der Waals surface area contributed by atoms with Crippen molar-refractivity contribution in [3.63, 3.8) is 0 Å². The standard InChI is InChI=1S/C12H16FNO2/c13-11-6-8(14)4-5-12(11)16-10-3-1-2-9(15)7-10/h4-6,9-10,15H,1-3,7,14H2. The van der Waals surface area contributed by atoms with E-state index in [1.807, 2.05) is 0 Å². The Balaban J connectivity index is 2.02. The largest absolute Gasteiger partial charge is 0.487 e. The number of hydrogen-bond donors (Lipinski definition) is 2. The third-order valence-electron chi connectivity index (χ3n) is 2.85. The molecule has 1 aromatic rings. The topological polar surface area (TPSA) is 55.5 Å². The number of aliphatic hydroxyl groups excluding tert-OH is 1. The molecule has 0 aromatic heterocycles. The lowest BCUT2D eigenvalue weighted by molar-refractivity contribution is 0.0517. The summed E-state index contributed by atoms with van der Waals surface area (Å²) in [4.78, 5) is 0. The van der Waals surface area contributed by atoms with E-state index in [9.17, 15) is 9.50 Å². The van der Waals surface area contributed by atoms with Crippen LogP contribution in [0.15, 0.2) is 18.2 Å². The van der Waals surface area contributed by atoms with Crippen molar-refractivity contribution in [3.05, 3.63) is 24.0 Å². The lowest BCUT2D eigenvalue weighted by atomic mass is 9.95. The predicted octanol–water partition coefficient (Wildman–Crippen LogP) is 2.09. The van der Waals surface area contributed by atoms with Gasteiger partial charge in [0.15, 0.2) is 11.6 Å². The number of ether oxygens (including phenoxy) is 1. The summed E-state index contributed by atoms with van der Waals surface area (Å²) in [6.45, 7) is 0. The summed E-state index contributed by atoms with van der Waals surface area (Å²) >= 11 is 0. The van der Waals surface area contributed by atoms with Gasteiger partial charge in [-0.2, -0.15) is 0 Å². The van der Waals surface area contributed by atoms with E-state index in [0.29, 0.717) is 12.1 Å². The third kappa shape index (κ3) is 2.64. The van der Waals surface area contributed by atoms with Gasteiger partial charge in [0.2, 0.25) is 0 Å². The van der Waals surface area contributed by atoms with Crippen LogP contribution in [0.2, 0.25) is 0 Å². The molecule has 1 aromatic carbocycles. The maximum atomic E-state index is 13.4. The van der Waals surface area contributed by atoms with Crippen LogP contribution >= 0.6 is 0 Å². The molecule has 0 radical (unpaired) electrons. The molecule has 2 rings (SSSR count). The fourth-order valence-corrected chi connectivity index (χ4v) is 2.02. The molecule has 0 amide bonds. The Morgan fingerprint density at radius 1 is 1.38 bits per heavy atom. The van der Waals surface area contributed by atoms with E-state index in [1.165, 1.54) is 12.1 Å². The first kappa shape index (κ1) is 11.2.